The van der Waals surface area contributed by atoms with Gasteiger partial charge in [-0.15, -0.1) is 10.2 Å². The fourth-order valence-corrected chi connectivity index (χ4v) is 4.33. The molecule has 0 fully saturated rings. The van der Waals surface area contributed by atoms with Crippen LogP contribution in [0.2, 0.25) is 0 Å². The summed E-state index contributed by atoms with van der Waals surface area (Å²) in [4.78, 5) is 13.6. The Morgan fingerprint density at radius 2 is 1.94 bits per heavy atom. The number of ketones is 1. The van der Waals surface area contributed by atoms with E-state index in [0.717, 1.165) is 28.7 Å². The van der Waals surface area contributed by atoms with Gasteiger partial charge in [0.15, 0.2) is 5.78 Å². The highest BCUT2D eigenvalue weighted by atomic mass is 32.2. The fraction of sp³-hybridized carbons (Fsp3) is 0.263. The Hall–Kier alpha value is -3.28. The summed E-state index contributed by atoms with van der Waals surface area (Å²) in [5, 5.41) is 11.5. The van der Waals surface area contributed by atoms with E-state index in [1.54, 1.807) is 12.1 Å². The highest BCUT2D eigenvalue weighted by Gasteiger charge is 2.31. The minimum Gasteiger partial charge on any atom is -0.292 e. The lowest BCUT2D eigenvalue weighted by Gasteiger charge is -2.16. The number of Topliss-reactive ketones (excluding diaryl/α,β-unsaturated/α-hetero) is 1. The van der Waals surface area contributed by atoms with Crippen LogP contribution in [0.4, 0.5) is 18.9 Å². The molecule has 0 bridgehead atoms. The summed E-state index contributed by atoms with van der Waals surface area (Å²) >= 11 is 0. The molecule has 31 heavy (non-hydrogen) atoms. The second kappa shape index (κ2) is 7.45. The van der Waals surface area contributed by atoms with Gasteiger partial charge in [-0.3, -0.25) is 9.10 Å². The van der Waals surface area contributed by atoms with Crippen molar-refractivity contribution in [3.63, 3.8) is 0 Å². The second-order valence-electron chi connectivity index (χ2n) is 7.07. The van der Waals surface area contributed by atoms with Gasteiger partial charge in [-0.05, 0) is 47.5 Å². The van der Waals surface area contributed by atoms with Gasteiger partial charge in [0, 0.05) is 17.7 Å². The SMILES string of the molecule is CS(=O)(=O)N1CCc2cc(C(=O)Cn3nnc(-c4cccc(C(F)(F)F)c4)n3)ccc21. The maximum Gasteiger partial charge on any atom is 0.416 e. The van der Waals surface area contributed by atoms with Gasteiger partial charge in [-0.2, -0.15) is 18.0 Å². The van der Waals surface area contributed by atoms with E-state index >= 15 is 0 Å². The summed E-state index contributed by atoms with van der Waals surface area (Å²) in [5.74, 6) is -0.370. The summed E-state index contributed by atoms with van der Waals surface area (Å²) in [7, 11) is -3.39. The van der Waals surface area contributed by atoms with Crippen molar-refractivity contribution in [2.24, 2.45) is 0 Å². The number of sulfonamides is 1. The van der Waals surface area contributed by atoms with Crippen LogP contribution >= 0.6 is 0 Å². The fourth-order valence-electron chi connectivity index (χ4n) is 3.37. The maximum absolute atomic E-state index is 12.9. The Kier molecular flexibility index (Phi) is 5.04. The number of aromatic nitrogens is 4. The van der Waals surface area contributed by atoms with Crippen LogP contribution in [0.25, 0.3) is 11.4 Å². The van der Waals surface area contributed by atoms with Gasteiger partial charge in [0.2, 0.25) is 15.8 Å². The zero-order valence-electron chi connectivity index (χ0n) is 16.2. The first-order chi connectivity index (χ1) is 14.5. The molecule has 1 aliphatic heterocycles. The Morgan fingerprint density at radius 3 is 2.65 bits per heavy atom. The molecule has 0 spiro atoms. The molecule has 0 radical (unpaired) electrons. The van der Waals surface area contributed by atoms with Gasteiger partial charge in [0.1, 0.15) is 6.54 Å². The van der Waals surface area contributed by atoms with Crippen molar-refractivity contribution in [2.45, 2.75) is 19.1 Å². The molecule has 0 N–H and O–H groups in total. The quantitative estimate of drug-likeness (QED) is 0.553. The number of anilines is 1. The Bertz CT molecular complexity index is 1270. The average molecular weight is 451 g/mol. The average Bonchev–Trinajstić information content (AvgIpc) is 3.33. The minimum absolute atomic E-state index is 0.0309. The third-order valence-corrected chi connectivity index (χ3v) is 6.02. The summed E-state index contributed by atoms with van der Waals surface area (Å²) in [6.45, 7) is 0.0529. The van der Waals surface area contributed by atoms with Crippen molar-refractivity contribution in [3.05, 3.63) is 59.2 Å². The number of fused-ring (bicyclic) bond motifs is 1. The molecule has 0 saturated carbocycles. The number of carbonyl (C=O) groups excluding carboxylic acids is 1. The van der Waals surface area contributed by atoms with E-state index in [0.29, 0.717) is 24.2 Å². The van der Waals surface area contributed by atoms with Crippen LogP contribution in [-0.2, 0) is 29.2 Å². The predicted molar refractivity (Wildman–Crippen MR) is 105 cm³/mol. The molecule has 2 heterocycles. The Morgan fingerprint density at radius 1 is 1.16 bits per heavy atom. The van der Waals surface area contributed by atoms with E-state index < -0.39 is 21.8 Å². The van der Waals surface area contributed by atoms with Gasteiger partial charge >= 0.3 is 6.18 Å². The van der Waals surface area contributed by atoms with Crippen molar-refractivity contribution in [1.82, 2.24) is 20.2 Å². The molecule has 0 atom stereocenters. The number of tetrazole rings is 1. The van der Waals surface area contributed by atoms with Crippen LogP contribution in [0.3, 0.4) is 0 Å². The molecular weight excluding hydrogens is 435 g/mol. The van der Waals surface area contributed by atoms with Crippen molar-refractivity contribution < 1.29 is 26.4 Å². The number of hydrogen-bond acceptors (Lipinski definition) is 6. The number of halogens is 3. The Balaban J connectivity index is 1.52. The number of alkyl halides is 3. The van der Waals surface area contributed by atoms with Crippen LogP contribution in [0.5, 0.6) is 0 Å². The summed E-state index contributed by atoms with van der Waals surface area (Å²) in [6.07, 6.45) is -2.88. The zero-order chi connectivity index (χ0) is 22.4. The number of rotatable bonds is 5. The molecule has 4 rings (SSSR count). The van der Waals surface area contributed by atoms with Crippen LogP contribution in [-0.4, -0.2) is 47.2 Å². The molecule has 0 unspecified atom stereocenters. The topological polar surface area (TPSA) is 98.1 Å². The molecule has 8 nitrogen and oxygen atoms in total. The van der Waals surface area contributed by atoms with Crippen LogP contribution in [0, 0.1) is 0 Å². The van der Waals surface area contributed by atoms with E-state index in [2.05, 4.69) is 15.4 Å². The smallest absolute Gasteiger partial charge is 0.292 e. The lowest BCUT2D eigenvalue weighted by Crippen LogP contribution is -2.27. The highest BCUT2D eigenvalue weighted by Crippen LogP contribution is 2.32. The molecule has 12 heteroatoms. The standard InChI is InChI=1S/C19H16F3N5O3S/c1-31(29,30)26-8-7-12-9-13(5-6-16(12)26)17(28)11-27-24-18(23-25-27)14-3-2-4-15(10-14)19(20,21)22/h2-6,9-10H,7-8,11H2,1H3. The second-order valence-corrected chi connectivity index (χ2v) is 8.98. The zero-order valence-corrected chi connectivity index (χ0v) is 17.0. The minimum atomic E-state index is -4.50. The van der Waals surface area contributed by atoms with E-state index in [1.807, 2.05) is 0 Å². The predicted octanol–water partition coefficient (Wildman–Crippen LogP) is 2.56. The number of hydrogen-bond donors (Lipinski definition) is 0. The lowest BCUT2D eigenvalue weighted by atomic mass is 10.1. The van der Waals surface area contributed by atoms with Gasteiger partial charge in [-0.1, -0.05) is 12.1 Å². The number of carbonyl (C=O) groups is 1. The summed E-state index contributed by atoms with van der Waals surface area (Å²) in [5.41, 5.74) is 0.940. The molecule has 1 aromatic heterocycles. The molecule has 0 amide bonds. The van der Waals surface area contributed by atoms with Crippen LogP contribution in [0.15, 0.2) is 42.5 Å². The third-order valence-electron chi connectivity index (χ3n) is 4.84. The van der Waals surface area contributed by atoms with Crippen LogP contribution in [0.1, 0.15) is 21.5 Å². The van der Waals surface area contributed by atoms with E-state index in [-0.39, 0.29) is 23.7 Å². The van der Waals surface area contributed by atoms with Crippen molar-refractivity contribution in [3.8, 4) is 11.4 Å². The van der Waals surface area contributed by atoms with E-state index in [9.17, 15) is 26.4 Å². The molecule has 0 aliphatic carbocycles. The van der Waals surface area contributed by atoms with Gasteiger partial charge in [-0.25, -0.2) is 8.42 Å². The third kappa shape index (κ3) is 4.29. The largest absolute Gasteiger partial charge is 0.416 e. The van der Waals surface area contributed by atoms with Gasteiger partial charge in [0.25, 0.3) is 0 Å². The molecule has 2 aromatic carbocycles. The van der Waals surface area contributed by atoms with Gasteiger partial charge < -0.3 is 0 Å². The monoisotopic (exact) mass is 451 g/mol. The molecule has 3 aromatic rings. The maximum atomic E-state index is 12.9. The normalized spacial score (nSPS) is 14.0. The van der Waals surface area contributed by atoms with Crippen molar-refractivity contribution in [1.29, 1.82) is 0 Å². The number of benzene rings is 2. The Labute approximate surface area is 175 Å². The van der Waals surface area contributed by atoms with Crippen molar-refractivity contribution in [2.75, 3.05) is 17.1 Å². The molecular formula is C19H16F3N5O3S. The molecule has 1 aliphatic rings. The first-order valence-electron chi connectivity index (χ1n) is 9.12. The first-order valence-corrected chi connectivity index (χ1v) is 11.0. The molecule has 162 valence electrons. The highest BCUT2D eigenvalue weighted by molar-refractivity contribution is 7.92. The van der Waals surface area contributed by atoms with Crippen LogP contribution < -0.4 is 4.31 Å². The summed E-state index contributed by atoms with van der Waals surface area (Å²) < 4.78 is 63.6. The molecule has 0 saturated heterocycles. The van der Waals surface area contributed by atoms with E-state index in [4.69, 9.17) is 0 Å². The van der Waals surface area contributed by atoms with Gasteiger partial charge in [0.05, 0.1) is 17.5 Å². The first kappa shape index (κ1) is 21.0. The summed E-state index contributed by atoms with van der Waals surface area (Å²) in [6, 6.07) is 9.26. The van der Waals surface area contributed by atoms with E-state index in [1.165, 1.54) is 22.5 Å². The van der Waals surface area contributed by atoms with Crippen molar-refractivity contribution >= 4 is 21.5 Å². The lowest BCUT2D eigenvalue weighted by molar-refractivity contribution is -0.137. The number of nitrogens with zero attached hydrogens (tertiary/aromatic N) is 5.